The molecule has 1 saturated heterocycles. The maximum atomic E-state index is 9.33. The van der Waals surface area contributed by atoms with Crippen molar-refractivity contribution in [1.82, 2.24) is 14.8 Å². The molecular formula is C16H23N5. The standard InChI is InChI=1S/C16H23N5/c1-20-6-7-21(2)14(11-20)10-18-16-13(9-17)8-12-4-3-5-15(12)19-16/h8,14H,3-7,10-11H2,1-2H3,(H,18,19). The topological polar surface area (TPSA) is 55.2 Å². The second-order valence-corrected chi connectivity index (χ2v) is 6.23. The smallest absolute Gasteiger partial charge is 0.144 e. The number of nitriles is 1. The van der Waals surface area contributed by atoms with E-state index in [0.29, 0.717) is 11.6 Å². The summed E-state index contributed by atoms with van der Waals surface area (Å²) in [6.45, 7) is 4.09. The van der Waals surface area contributed by atoms with Crippen LogP contribution in [0.4, 0.5) is 5.82 Å². The Morgan fingerprint density at radius 2 is 2.24 bits per heavy atom. The molecule has 1 unspecified atom stereocenters. The highest BCUT2D eigenvalue weighted by molar-refractivity contribution is 5.55. The van der Waals surface area contributed by atoms with Crippen LogP contribution in [0.3, 0.4) is 0 Å². The Morgan fingerprint density at radius 3 is 3.05 bits per heavy atom. The molecule has 0 amide bonds. The molecule has 0 saturated carbocycles. The maximum Gasteiger partial charge on any atom is 0.144 e. The minimum Gasteiger partial charge on any atom is -0.367 e. The number of hydrogen-bond donors (Lipinski definition) is 1. The van der Waals surface area contributed by atoms with Crippen LogP contribution in [0.5, 0.6) is 0 Å². The van der Waals surface area contributed by atoms with E-state index in [4.69, 9.17) is 0 Å². The molecule has 3 rings (SSSR count). The minimum absolute atomic E-state index is 0.463. The third kappa shape index (κ3) is 3.02. The summed E-state index contributed by atoms with van der Waals surface area (Å²) < 4.78 is 0. The Labute approximate surface area is 126 Å². The number of rotatable bonds is 3. The van der Waals surface area contributed by atoms with Gasteiger partial charge in [-0.2, -0.15) is 5.26 Å². The highest BCUT2D eigenvalue weighted by atomic mass is 15.3. The Kier molecular flexibility index (Phi) is 4.09. The molecule has 0 radical (unpaired) electrons. The zero-order valence-corrected chi connectivity index (χ0v) is 12.9. The molecule has 2 aliphatic rings. The summed E-state index contributed by atoms with van der Waals surface area (Å²) in [4.78, 5) is 9.42. The number of aryl methyl sites for hydroxylation is 2. The van der Waals surface area contributed by atoms with Gasteiger partial charge in [-0.05, 0) is 45.0 Å². The normalized spacial score (nSPS) is 22.8. The van der Waals surface area contributed by atoms with E-state index in [0.717, 1.165) is 51.3 Å². The van der Waals surface area contributed by atoms with E-state index in [1.165, 1.54) is 11.3 Å². The number of hydrogen-bond acceptors (Lipinski definition) is 5. The van der Waals surface area contributed by atoms with Crippen molar-refractivity contribution in [3.8, 4) is 6.07 Å². The Bertz CT molecular complexity index is 563. The molecule has 112 valence electrons. The number of likely N-dealkylation sites (N-methyl/N-ethyl adjacent to an activating group) is 2. The fourth-order valence-electron chi connectivity index (χ4n) is 3.23. The van der Waals surface area contributed by atoms with Crippen LogP contribution in [-0.4, -0.2) is 61.1 Å². The number of anilines is 1. The molecule has 1 aromatic rings. The fraction of sp³-hybridized carbons (Fsp3) is 0.625. The molecule has 1 aromatic heterocycles. The summed E-state index contributed by atoms with van der Waals surface area (Å²) >= 11 is 0. The summed E-state index contributed by atoms with van der Waals surface area (Å²) in [5.41, 5.74) is 3.11. The number of aromatic nitrogens is 1. The number of nitrogens with one attached hydrogen (secondary N) is 1. The quantitative estimate of drug-likeness (QED) is 0.901. The van der Waals surface area contributed by atoms with Gasteiger partial charge in [-0.3, -0.25) is 4.90 Å². The van der Waals surface area contributed by atoms with Gasteiger partial charge >= 0.3 is 0 Å². The number of fused-ring (bicyclic) bond motifs is 1. The van der Waals surface area contributed by atoms with E-state index in [1.807, 2.05) is 6.07 Å². The largest absolute Gasteiger partial charge is 0.367 e. The van der Waals surface area contributed by atoms with Gasteiger partial charge in [0.05, 0.1) is 5.56 Å². The molecule has 1 aliphatic heterocycles. The van der Waals surface area contributed by atoms with Crippen molar-refractivity contribution in [2.45, 2.75) is 25.3 Å². The Hall–Kier alpha value is -1.64. The van der Waals surface area contributed by atoms with Crippen LogP contribution in [0.25, 0.3) is 0 Å². The van der Waals surface area contributed by atoms with Crippen molar-refractivity contribution in [3.63, 3.8) is 0 Å². The molecule has 5 nitrogen and oxygen atoms in total. The van der Waals surface area contributed by atoms with Gasteiger partial charge in [-0.1, -0.05) is 0 Å². The Morgan fingerprint density at radius 1 is 1.38 bits per heavy atom. The first kappa shape index (κ1) is 14.3. The van der Waals surface area contributed by atoms with Crippen molar-refractivity contribution in [2.24, 2.45) is 0 Å². The van der Waals surface area contributed by atoms with Crippen molar-refractivity contribution < 1.29 is 0 Å². The van der Waals surface area contributed by atoms with Crippen molar-refractivity contribution >= 4 is 5.82 Å². The highest BCUT2D eigenvalue weighted by Crippen LogP contribution is 2.25. The average molecular weight is 285 g/mol. The molecule has 1 atom stereocenters. The third-order valence-electron chi connectivity index (χ3n) is 4.66. The van der Waals surface area contributed by atoms with Crippen LogP contribution in [0.15, 0.2) is 6.07 Å². The Balaban J connectivity index is 1.71. The lowest BCUT2D eigenvalue weighted by Gasteiger charge is -2.37. The molecule has 2 heterocycles. The first-order valence-corrected chi connectivity index (χ1v) is 7.73. The SMILES string of the molecule is CN1CCN(C)C(CNc2nc3c(cc2C#N)CCC3)C1. The minimum atomic E-state index is 0.463. The summed E-state index contributed by atoms with van der Waals surface area (Å²) in [6.07, 6.45) is 3.27. The highest BCUT2D eigenvalue weighted by Gasteiger charge is 2.23. The molecule has 0 bridgehead atoms. The van der Waals surface area contributed by atoms with Gasteiger partial charge in [0.15, 0.2) is 0 Å². The zero-order valence-electron chi connectivity index (χ0n) is 12.9. The molecular weight excluding hydrogens is 262 g/mol. The summed E-state index contributed by atoms with van der Waals surface area (Å²) in [7, 11) is 4.33. The van der Waals surface area contributed by atoms with E-state index in [9.17, 15) is 5.26 Å². The molecule has 1 N–H and O–H groups in total. The molecule has 1 fully saturated rings. The van der Waals surface area contributed by atoms with Crippen LogP contribution in [-0.2, 0) is 12.8 Å². The van der Waals surface area contributed by atoms with Gasteiger partial charge in [0.25, 0.3) is 0 Å². The first-order chi connectivity index (χ1) is 10.2. The van der Waals surface area contributed by atoms with Crippen LogP contribution in [0.2, 0.25) is 0 Å². The van der Waals surface area contributed by atoms with Crippen molar-refractivity contribution in [1.29, 1.82) is 5.26 Å². The van der Waals surface area contributed by atoms with Gasteiger partial charge in [0.1, 0.15) is 11.9 Å². The third-order valence-corrected chi connectivity index (χ3v) is 4.66. The number of nitrogens with zero attached hydrogens (tertiary/aromatic N) is 4. The molecule has 1 aliphatic carbocycles. The van der Waals surface area contributed by atoms with E-state index < -0.39 is 0 Å². The lowest BCUT2D eigenvalue weighted by molar-refractivity contribution is 0.122. The average Bonchev–Trinajstić information content (AvgIpc) is 2.94. The van der Waals surface area contributed by atoms with Crippen LogP contribution < -0.4 is 5.32 Å². The van der Waals surface area contributed by atoms with E-state index in [1.54, 1.807) is 0 Å². The van der Waals surface area contributed by atoms with E-state index in [-0.39, 0.29) is 0 Å². The zero-order chi connectivity index (χ0) is 14.8. The predicted octanol–water partition coefficient (Wildman–Crippen LogP) is 1.10. The van der Waals surface area contributed by atoms with Crippen LogP contribution in [0.1, 0.15) is 23.2 Å². The lowest BCUT2D eigenvalue weighted by Crippen LogP contribution is -2.52. The maximum absolute atomic E-state index is 9.33. The van der Waals surface area contributed by atoms with Gasteiger partial charge in [0, 0.05) is 37.9 Å². The fourth-order valence-corrected chi connectivity index (χ4v) is 3.23. The molecule has 5 heteroatoms. The van der Waals surface area contributed by atoms with Gasteiger partial charge < -0.3 is 10.2 Å². The van der Waals surface area contributed by atoms with Gasteiger partial charge in [-0.15, -0.1) is 0 Å². The van der Waals surface area contributed by atoms with E-state index in [2.05, 4.69) is 40.3 Å². The summed E-state index contributed by atoms with van der Waals surface area (Å²) in [6, 6.07) is 4.77. The molecule has 21 heavy (non-hydrogen) atoms. The second kappa shape index (κ2) is 6.00. The van der Waals surface area contributed by atoms with Crippen molar-refractivity contribution in [2.75, 3.05) is 45.6 Å². The van der Waals surface area contributed by atoms with E-state index >= 15 is 0 Å². The second-order valence-electron chi connectivity index (χ2n) is 6.23. The monoisotopic (exact) mass is 285 g/mol. The number of piperazine rings is 1. The van der Waals surface area contributed by atoms with Gasteiger partial charge in [-0.25, -0.2) is 4.98 Å². The summed E-state index contributed by atoms with van der Waals surface area (Å²) in [5.74, 6) is 0.764. The van der Waals surface area contributed by atoms with Crippen LogP contribution >= 0.6 is 0 Å². The summed E-state index contributed by atoms with van der Waals surface area (Å²) in [5, 5.41) is 12.7. The predicted molar refractivity (Wildman–Crippen MR) is 83.4 cm³/mol. The van der Waals surface area contributed by atoms with Crippen molar-refractivity contribution in [3.05, 3.63) is 22.9 Å². The lowest BCUT2D eigenvalue weighted by atomic mass is 10.1. The first-order valence-electron chi connectivity index (χ1n) is 7.73. The van der Waals surface area contributed by atoms with Gasteiger partial charge in [0.2, 0.25) is 0 Å². The molecule has 0 aromatic carbocycles. The number of pyridine rings is 1. The molecule has 0 spiro atoms. The van der Waals surface area contributed by atoms with Crippen LogP contribution in [0, 0.1) is 11.3 Å².